The predicted octanol–water partition coefficient (Wildman–Crippen LogP) is 6.35. The summed E-state index contributed by atoms with van der Waals surface area (Å²) >= 11 is 0. The maximum atomic E-state index is 5.94. The SMILES string of the molecule is C=C1/C=C\C=C/Cc2[nH]c(-c3ccc(OCC[C@H]4COC(C)(C)O4)cc3)nc2-c2ccccc21. The van der Waals surface area contributed by atoms with E-state index in [0.717, 1.165) is 58.1 Å². The normalized spacial score (nSPS) is 20.9. The van der Waals surface area contributed by atoms with E-state index >= 15 is 0 Å². The third-order valence-corrected chi connectivity index (χ3v) is 6.08. The van der Waals surface area contributed by atoms with Crippen LogP contribution in [0.3, 0.4) is 0 Å². The van der Waals surface area contributed by atoms with E-state index in [1.807, 2.05) is 62.4 Å². The van der Waals surface area contributed by atoms with Crippen molar-refractivity contribution in [3.63, 3.8) is 0 Å². The summed E-state index contributed by atoms with van der Waals surface area (Å²) in [6.45, 7) is 9.32. The monoisotopic (exact) mass is 454 g/mol. The number of aromatic nitrogens is 2. The smallest absolute Gasteiger partial charge is 0.163 e. The first-order valence-electron chi connectivity index (χ1n) is 11.7. The molecular weight excluding hydrogens is 424 g/mol. The Bertz CT molecular complexity index is 1230. The van der Waals surface area contributed by atoms with Crippen LogP contribution in [-0.4, -0.2) is 35.1 Å². The lowest BCUT2D eigenvalue weighted by Crippen LogP contribution is -2.22. The number of allylic oxidation sites excluding steroid dienone is 5. The van der Waals surface area contributed by atoms with Gasteiger partial charge in [-0.05, 0) is 49.2 Å². The third kappa shape index (κ3) is 4.91. The van der Waals surface area contributed by atoms with E-state index < -0.39 is 5.79 Å². The van der Waals surface area contributed by atoms with Gasteiger partial charge in [0, 0.05) is 29.7 Å². The second-order valence-corrected chi connectivity index (χ2v) is 9.09. The van der Waals surface area contributed by atoms with Gasteiger partial charge in [0.25, 0.3) is 0 Å². The van der Waals surface area contributed by atoms with Crippen molar-refractivity contribution < 1.29 is 14.2 Å². The number of hydrogen-bond acceptors (Lipinski definition) is 4. The van der Waals surface area contributed by atoms with E-state index in [9.17, 15) is 0 Å². The molecule has 5 nitrogen and oxygen atoms in total. The minimum absolute atomic E-state index is 0.0773. The molecule has 1 aromatic heterocycles. The molecule has 1 fully saturated rings. The number of imidazole rings is 1. The van der Waals surface area contributed by atoms with Gasteiger partial charge in [-0.2, -0.15) is 0 Å². The minimum atomic E-state index is -0.495. The molecule has 1 aliphatic heterocycles. The number of nitrogens with one attached hydrogen (secondary N) is 1. The van der Waals surface area contributed by atoms with Gasteiger partial charge in [-0.3, -0.25) is 0 Å². The lowest BCUT2D eigenvalue weighted by Gasteiger charge is -2.17. The van der Waals surface area contributed by atoms with Crippen molar-refractivity contribution >= 4 is 5.57 Å². The summed E-state index contributed by atoms with van der Waals surface area (Å²) in [5.74, 6) is 1.18. The Morgan fingerprint density at radius 1 is 1.09 bits per heavy atom. The van der Waals surface area contributed by atoms with E-state index in [1.165, 1.54) is 0 Å². The fourth-order valence-electron chi connectivity index (χ4n) is 4.33. The van der Waals surface area contributed by atoms with Gasteiger partial charge in [-0.25, -0.2) is 4.98 Å². The third-order valence-electron chi connectivity index (χ3n) is 6.08. The lowest BCUT2D eigenvalue weighted by molar-refractivity contribution is -0.139. The van der Waals surface area contributed by atoms with Crippen LogP contribution < -0.4 is 4.74 Å². The van der Waals surface area contributed by atoms with Crippen LogP contribution in [0.4, 0.5) is 0 Å². The van der Waals surface area contributed by atoms with Gasteiger partial charge < -0.3 is 19.2 Å². The highest BCUT2D eigenvalue weighted by molar-refractivity contribution is 5.85. The summed E-state index contributed by atoms with van der Waals surface area (Å²) < 4.78 is 17.4. The van der Waals surface area contributed by atoms with Crippen molar-refractivity contribution in [3.05, 3.63) is 90.7 Å². The Hall–Kier alpha value is -3.41. The largest absolute Gasteiger partial charge is 0.493 e. The van der Waals surface area contributed by atoms with E-state index in [2.05, 4.69) is 35.8 Å². The Kier molecular flexibility index (Phi) is 6.22. The summed E-state index contributed by atoms with van der Waals surface area (Å²) in [6, 6.07) is 16.4. The molecule has 0 amide bonds. The molecule has 0 spiro atoms. The molecule has 1 N–H and O–H groups in total. The Morgan fingerprint density at radius 2 is 1.88 bits per heavy atom. The number of nitrogens with zero attached hydrogens (tertiary/aromatic N) is 1. The fourth-order valence-corrected chi connectivity index (χ4v) is 4.33. The van der Waals surface area contributed by atoms with Gasteiger partial charge in [-0.1, -0.05) is 55.1 Å². The first-order chi connectivity index (χ1) is 16.5. The Morgan fingerprint density at radius 3 is 2.65 bits per heavy atom. The molecule has 5 rings (SSSR count). The van der Waals surface area contributed by atoms with Crippen LogP contribution in [0.1, 0.15) is 31.5 Å². The molecule has 2 aromatic carbocycles. The summed E-state index contributed by atoms with van der Waals surface area (Å²) in [4.78, 5) is 8.54. The maximum Gasteiger partial charge on any atom is 0.163 e. The van der Waals surface area contributed by atoms with Crippen LogP contribution in [-0.2, 0) is 15.9 Å². The zero-order valence-corrected chi connectivity index (χ0v) is 19.7. The van der Waals surface area contributed by atoms with Crippen molar-refractivity contribution in [1.82, 2.24) is 9.97 Å². The average Bonchev–Trinajstić information content (AvgIpc) is 3.42. The molecule has 3 aromatic rings. The molecule has 1 atom stereocenters. The van der Waals surface area contributed by atoms with Crippen LogP contribution in [0.5, 0.6) is 5.75 Å². The number of rotatable bonds is 5. The molecule has 5 heteroatoms. The zero-order chi connectivity index (χ0) is 23.5. The molecule has 1 saturated heterocycles. The van der Waals surface area contributed by atoms with Crippen molar-refractivity contribution in [1.29, 1.82) is 0 Å². The molecule has 2 aliphatic rings. The second-order valence-electron chi connectivity index (χ2n) is 9.09. The van der Waals surface area contributed by atoms with Crippen LogP contribution >= 0.6 is 0 Å². The quantitative estimate of drug-likeness (QED) is 0.488. The van der Waals surface area contributed by atoms with Crippen LogP contribution in [0.15, 0.2) is 79.4 Å². The highest BCUT2D eigenvalue weighted by Crippen LogP contribution is 2.33. The lowest BCUT2D eigenvalue weighted by atomic mass is 9.96. The molecule has 0 bridgehead atoms. The first kappa shape index (κ1) is 22.4. The highest BCUT2D eigenvalue weighted by Gasteiger charge is 2.32. The molecule has 0 radical (unpaired) electrons. The van der Waals surface area contributed by atoms with Crippen molar-refractivity contribution in [3.8, 4) is 28.4 Å². The van der Waals surface area contributed by atoms with Gasteiger partial charge in [-0.15, -0.1) is 0 Å². The summed E-state index contributed by atoms with van der Waals surface area (Å²) in [5.41, 5.74) is 6.22. The van der Waals surface area contributed by atoms with Gasteiger partial charge in [0.15, 0.2) is 5.79 Å². The summed E-state index contributed by atoms with van der Waals surface area (Å²) in [6.07, 6.45) is 9.91. The standard InChI is InChI=1S/C29H30N2O3/c1-20-9-5-4-6-12-26-27(25-11-8-7-10-24(20)25)31-28(30-26)21-13-15-22(16-14-21)32-18-17-23-19-33-29(2,3)34-23/h4-11,13-16,23H,1,12,17-19H2,2-3H3,(H,30,31)/b6-4-,9-5-/t23-/m0/s1. The number of ether oxygens (including phenoxy) is 3. The number of hydrogen-bond donors (Lipinski definition) is 1. The molecule has 0 unspecified atom stereocenters. The number of aromatic amines is 1. The van der Waals surface area contributed by atoms with Crippen molar-refractivity contribution in [2.75, 3.05) is 13.2 Å². The molecular formula is C29H30N2O3. The first-order valence-corrected chi connectivity index (χ1v) is 11.7. The van der Waals surface area contributed by atoms with Crippen LogP contribution in [0, 0.1) is 0 Å². The van der Waals surface area contributed by atoms with E-state index in [4.69, 9.17) is 19.2 Å². The van der Waals surface area contributed by atoms with Gasteiger partial charge in [0.2, 0.25) is 0 Å². The predicted molar refractivity (Wildman–Crippen MR) is 135 cm³/mol. The van der Waals surface area contributed by atoms with Crippen LogP contribution in [0.25, 0.3) is 28.2 Å². The second kappa shape index (κ2) is 9.45. The Balaban J connectivity index is 1.33. The highest BCUT2D eigenvalue weighted by atomic mass is 16.7. The van der Waals surface area contributed by atoms with Gasteiger partial charge in [0.05, 0.1) is 25.0 Å². The topological polar surface area (TPSA) is 56.4 Å². The average molecular weight is 455 g/mol. The molecule has 174 valence electrons. The number of H-pyrrole nitrogens is 1. The summed E-state index contributed by atoms with van der Waals surface area (Å²) in [7, 11) is 0. The van der Waals surface area contributed by atoms with Gasteiger partial charge >= 0.3 is 0 Å². The fraction of sp³-hybridized carbons (Fsp3) is 0.276. The number of fused-ring (bicyclic) bond motifs is 3. The summed E-state index contributed by atoms with van der Waals surface area (Å²) in [5, 5.41) is 0. The molecule has 0 saturated carbocycles. The van der Waals surface area contributed by atoms with Crippen LogP contribution in [0.2, 0.25) is 0 Å². The van der Waals surface area contributed by atoms with E-state index in [0.29, 0.717) is 13.2 Å². The zero-order valence-electron chi connectivity index (χ0n) is 19.7. The maximum absolute atomic E-state index is 5.94. The van der Waals surface area contributed by atoms with E-state index in [1.54, 1.807) is 0 Å². The van der Waals surface area contributed by atoms with Gasteiger partial charge in [0.1, 0.15) is 11.6 Å². The Labute approximate surface area is 200 Å². The van der Waals surface area contributed by atoms with Crippen molar-refractivity contribution in [2.45, 2.75) is 38.6 Å². The molecule has 1 aliphatic carbocycles. The minimum Gasteiger partial charge on any atom is -0.493 e. The number of benzene rings is 2. The van der Waals surface area contributed by atoms with E-state index in [-0.39, 0.29) is 6.10 Å². The molecule has 34 heavy (non-hydrogen) atoms. The van der Waals surface area contributed by atoms with Crippen molar-refractivity contribution in [2.24, 2.45) is 0 Å². The molecule has 2 heterocycles.